The van der Waals surface area contributed by atoms with Gasteiger partial charge in [0.2, 0.25) is 0 Å². The summed E-state index contributed by atoms with van der Waals surface area (Å²) in [5.74, 6) is -0.782. The van der Waals surface area contributed by atoms with Crippen molar-refractivity contribution < 1.29 is 14.1 Å². The Morgan fingerprint density at radius 1 is 1.17 bits per heavy atom. The van der Waals surface area contributed by atoms with E-state index in [1.54, 1.807) is 43.3 Å². The van der Waals surface area contributed by atoms with Gasteiger partial charge in [-0.3, -0.25) is 14.9 Å². The molecule has 29 heavy (non-hydrogen) atoms. The van der Waals surface area contributed by atoms with Crippen LogP contribution >= 0.6 is 11.3 Å². The Bertz CT molecular complexity index is 1100. The Morgan fingerprint density at radius 2 is 1.86 bits per heavy atom. The smallest absolute Gasteiger partial charge is 0.283 e. The second-order valence-electron chi connectivity index (χ2n) is 6.41. The Balaban J connectivity index is 1.92. The van der Waals surface area contributed by atoms with Crippen molar-refractivity contribution in [2.24, 2.45) is 0 Å². The molecule has 0 saturated heterocycles. The van der Waals surface area contributed by atoms with E-state index in [2.05, 4.69) is 0 Å². The number of nitro groups is 1. The van der Waals surface area contributed by atoms with Crippen LogP contribution < -0.4 is 0 Å². The first kappa shape index (κ1) is 20.2. The SMILES string of the molecule is Cc1sc(C(=O)N(Cc2ccc(C#N)cc2)Cc2cccc(F)c2)cc1[N+](=O)[O-]. The number of benzene rings is 2. The number of carbonyl (C=O) groups excluding carboxylic acids is 1. The maximum Gasteiger partial charge on any atom is 0.283 e. The predicted octanol–water partition coefficient (Wildman–Crippen LogP) is 4.82. The normalized spacial score (nSPS) is 10.4. The minimum Gasteiger partial charge on any atom is -0.329 e. The van der Waals surface area contributed by atoms with E-state index in [1.165, 1.54) is 23.1 Å². The van der Waals surface area contributed by atoms with Crippen LogP contribution in [0.5, 0.6) is 0 Å². The van der Waals surface area contributed by atoms with Crippen LogP contribution in [-0.4, -0.2) is 15.7 Å². The average Bonchev–Trinajstić information content (AvgIpc) is 3.09. The number of halogens is 1. The van der Waals surface area contributed by atoms with E-state index in [0.717, 1.165) is 16.9 Å². The number of thiophene rings is 1. The number of nitrogens with zero attached hydrogens (tertiary/aromatic N) is 3. The molecule has 1 heterocycles. The van der Waals surface area contributed by atoms with Crippen molar-refractivity contribution >= 4 is 22.9 Å². The average molecular weight is 409 g/mol. The summed E-state index contributed by atoms with van der Waals surface area (Å²) in [4.78, 5) is 25.9. The van der Waals surface area contributed by atoms with Crippen LogP contribution in [0.1, 0.15) is 31.2 Å². The van der Waals surface area contributed by atoms with Gasteiger partial charge in [0.1, 0.15) is 5.82 Å². The van der Waals surface area contributed by atoms with Gasteiger partial charge in [-0.1, -0.05) is 24.3 Å². The largest absolute Gasteiger partial charge is 0.329 e. The van der Waals surface area contributed by atoms with Gasteiger partial charge in [-0.2, -0.15) is 5.26 Å². The fourth-order valence-electron chi connectivity index (χ4n) is 2.88. The lowest BCUT2D eigenvalue weighted by Gasteiger charge is -2.22. The topological polar surface area (TPSA) is 87.2 Å². The number of hydrogen-bond acceptors (Lipinski definition) is 5. The molecule has 8 heteroatoms. The first-order chi connectivity index (χ1) is 13.9. The molecule has 0 radical (unpaired) electrons. The lowest BCUT2D eigenvalue weighted by Crippen LogP contribution is -2.29. The first-order valence-electron chi connectivity index (χ1n) is 8.65. The molecule has 3 rings (SSSR count). The third-order valence-corrected chi connectivity index (χ3v) is 5.33. The molecule has 0 atom stereocenters. The zero-order valence-corrected chi connectivity index (χ0v) is 16.3. The van der Waals surface area contributed by atoms with Crippen LogP contribution in [0.2, 0.25) is 0 Å². The van der Waals surface area contributed by atoms with Crippen molar-refractivity contribution in [3.8, 4) is 6.07 Å². The van der Waals surface area contributed by atoms with Crippen molar-refractivity contribution in [3.63, 3.8) is 0 Å². The monoisotopic (exact) mass is 409 g/mol. The second-order valence-corrected chi connectivity index (χ2v) is 7.67. The molecule has 3 aromatic rings. The highest BCUT2D eigenvalue weighted by molar-refractivity contribution is 7.14. The van der Waals surface area contributed by atoms with Crippen LogP contribution in [0.3, 0.4) is 0 Å². The molecule has 0 aliphatic heterocycles. The molecule has 146 valence electrons. The molecule has 0 N–H and O–H groups in total. The quantitative estimate of drug-likeness (QED) is 0.431. The Hall–Kier alpha value is -3.57. The molecule has 0 bridgehead atoms. The standard InChI is InChI=1S/C21H16FN3O3S/c1-14-19(25(27)28)10-20(29-14)21(26)24(13-17-3-2-4-18(22)9-17)12-16-7-5-15(11-23)6-8-16/h2-10H,12-13H2,1H3. The summed E-state index contributed by atoms with van der Waals surface area (Å²) >= 11 is 1.06. The van der Waals surface area contributed by atoms with Gasteiger partial charge in [-0.05, 0) is 42.3 Å². The van der Waals surface area contributed by atoms with E-state index < -0.39 is 10.7 Å². The van der Waals surface area contributed by atoms with Gasteiger partial charge in [0.05, 0.1) is 26.3 Å². The van der Waals surface area contributed by atoms with E-state index in [9.17, 15) is 19.3 Å². The van der Waals surface area contributed by atoms with Gasteiger partial charge in [-0.25, -0.2) is 4.39 Å². The number of rotatable bonds is 6. The zero-order valence-electron chi connectivity index (χ0n) is 15.5. The number of hydrogen-bond donors (Lipinski definition) is 0. The van der Waals surface area contributed by atoms with Gasteiger partial charge in [-0.15, -0.1) is 11.3 Å². The molecule has 1 aromatic heterocycles. The molecule has 0 fully saturated rings. The molecular weight excluding hydrogens is 393 g/mol. The van der Waals surface area contributed by atoms with Crippen molar-refractivity contribution in [1.82, 2.24) is 4.90 Å². The summed E-state index contributed by atoms with van der Waals surface area (Å²) in [6, 6.07) is 16.1. The minimum absolute atomic E-state index is 0.0950. The molecule has 6 nitrogen and oxygen atoms in total. The first-order valence-corrected chi connectivity index (χ1v) is 9.46. The summed E-state index contributed by atoms with van der Waals surface area (Å²) in [5, 5.41) is 20.1. The van der Waals surface area contributed by atoms with E-state index in [4.69, 9.17) is 5.26 Å². The van der Waals surface area contributed by atoms with Gasteiger partial charge in [0.25, 0.3) is 11.6 Å². The molecule has 0 aliphatic carbocycles. The summed E-state index contributed by atoms with van der Waals surface area (Å²) in [6.45, 7) is 1.95. The van der Waals surface area contributed by atoms with Crippen molar-refractivity contribution in [2.75, 3.05) is 0 Å². The van der Waals surface area contributed by atoms with Crippen LogP contribution in [-0.2, 0) is 13.1 Å². The van der Waals surface area contributed by atoms with Gasteiger partial charge in [0, 0.05) is 19.2 Å². The second kappa shape index (κ2) is 8.63. The number of carbonyl (C=O) groups is 1. The molecule has 2 aromatic carbocycles. The maximum atomic E-state index is 13.6. The molecule has 1 amide bonds. The summed E-state index contributed by atoms with van der Waals surface area (Å²) in [7, 11) is 0. The third kappa shape index (κ3) is 4.83. The zero-order chi connectivity index (χ0) is 21.0. The number of amides is 1. The van der Waals surface area contributed by atoms with E-state index in [1.807, 2.05) is 6.07 Å². The summed E-state index contributed by atoms with van der Waals surface area (Å²) in [6.07, 6.45) is 0. The van der Waals surface area contributed by atoms with Crippen LogP contribution in [0.15, 0.2) is 54.6 Å². The Kier molecular flexibility index (Phi) is 6.00. The fraction of sp³-hybridized carbons (Fsp3) is 0.143. The molecule has 0 spiro atoms. The maximum absolute atomic E-state index is 13.6. The van der Waals surface area contributed by atoms with Gasteiger partial charge < -0.3 is 4.90 Å². The minimum atomic E-state index is -0.514. The third-order valence-electron chi connectivity index (χ3n) is 4.31. The predicted molar refractivity (Wildman–Crippen MR) is 107 cm³/mol. The lowest BCUT2D eigenvalue weighted by molar-refractivity contribution is -0.385. The molecule has 0 aliphatic rings. The van der Waals surface area contributed by atoms with E-state index >= 15 is 0 Å². The van der Waals surface area contributed by atoms with Crippen LogP contribution in [0.25, 0.3) is 0 Å². The lowest BCUT2D eigenvalue weighted by atomic mass is 10.1. The molecule has 0 saturated carbocycles. The van der Waals surface area contributed by atoms with Crippen molar-refractivity contribution in [3.05, 3.63) is 97.0 Å². The Morgan fingerprint density at radius 3 is 2.45 bits per heavy atom. The highest BCUT2D eigenvalue weighted by atomic mass is 32.1. The summed E-state index contributed by atoms with van der Waals surface area (Å²) < 4.78 is 13.6. The summed E-state index contributed by atoms with van der Waals surface area (Å²) in [5.41, 5.74) is 1.80. The number of nitriles is 1. The van der Waals surface area contributed by atoms with Crippen LogP contribution in [0, 0.1) is 34.2 Å². The van der Waals surface area contributed by atoms with Crippen molar-refractivity contribution in [1.29, 1.82) is 5.26 Å². The fourth-order valence-corrected chi connectivity index (χ4v) is 3.83. The highest BCUT2D eigenvalue weighted by Crippen LogP contribution is 2.29. The van der Waals surface area contributed by atoms with E-state index in [-0.39, 0.29) is 29.6 Å². The van der Waals surface area contributed by atoms with Gasteiger partial charge >= 0.3 is 0 Å². The Labute approximate surface area is 170 Å². The molecule has 0 unspecified atom stereocenters. The van der Waals surface area contributed by atoms with Crippen molar-refractivity contribution in [2.45, 2.75) is 20.0 Å². The number of aryl methyl sites for hydroxylation is 1. The van der Waals surface area contributed by atoms with E-state index in [0.29, 0.717) is 16.0 Å². The highest BCUT2D eigenvalue weighted by Gasteiger charge is 2.24. The van der Waals surface area contributed by atoms with Crippen LogP contribution in [0.4, 0.5) is 10.1 Å². The van der Waals surface area contributed by atoms with Gasteiger partial charge in [0.15, 0.2) is 0 Å². The molecular formula is C21H16FN3O3S.